The van der Waals surface area contributed by atoms with Gasteiger partial charge in [0.15, 0.2) is 0 Å². The van der Waals surface area contributed by atoms with E-state index in [1.165, 1.54) is 0 Å². The van der Waals surface area contributed by atoms with Gasteiger partial charge in [-0.1, -0.05) is 6.92 Å². The van der Waals surface area contributed by atoms with E-state index in [-0.39, 0.29) is 0 Å². The van der Waals surface area contributed by atoms with E-state index in [1.807, 2.05) is 6.20 Å². The van der Waals surface area contributed by atoms with Crippen molar-refractivity contribution in [3.8, 4) is 0 Å². The Kier molecular flexibility index (Phi) is 3.54. The Labute approximate surface area is 103 Å². The van der Waals surface area contributed by atoms with Gasteiger partial charge in [-0.25, -0.2) is 4.98 Å². The van der Waals surface area contributed by atoms with Crippen LogP contribution >= 0.6 is 0 Å². The standard InChI is InChI=1S/C13H23N3O/c1-4-7-16-9-6-14-12(16)13(17)5-8-15(3)11(2)10-13/h6,9,11,17H,4-5,7-8,10H2,1-3H3. The lowest BCUT2D eigenvalue weighted by Gasteiger charge is -2.40. The summed E-state index contributed by atoms with van der Waals surface area (Å²) in [6.45, 7) is 6.17. The summed E-state index contributed by atoms with van der Waals surface area (Å²) in [5.41, 5.74) is -0.745. The highest BCUT2D eigenvalue weighted by Crippen LogP contribution is 2.34. The van der Waals surface area contributed by atoms with Gasteiger partial charge >= 0.3 is 0 Å². The monoisotopic (exact) mass is 237 g/mol. The Bertz CT molecular complexity index is 376. The van der Waals surface area contributed by atoms with Crippen LogP contribution in [-0.2, 0) is 12.1 Å². The van der Waals surface area contributed by atoms with Crippen LogP contribution in [0.2, 0.25) is 0 Å². The minimum absolute atomic E-state index is 0.403. The van der Waals surface area contributed by atoms with Crippen molar-refractivity contribution in [2.75, 3.05) is 13.6 Å². The quantitative estimate of drug-likeness (QED) is 0.868. The molecule has 0 aliphatic carbocycles. The first-order valence-corrected chi connectivity index (χ1v) is 6.51. The van der Waals surface area contributed by atoms with Gasteiger partial charge in [0.05, 0.1) is 0 Å². The number of nitrogens with zero attached hydrogens (tertiary/aromatic N) is 3. The van der Waals surface area contributed by atoms with Gasteiger partial charge in [0.1, 0.15) is 11.4 Å². The van der Waals surface area contributed by atoms with Crippen LogP contribution in [0.5, 0.6) is 0 Å². The van der Waals surface area contributed by atoms with Gasteiger partial charge in [0.2, 0.25) is 0 Å². The maximum absolute atomic E-state index is 10.8. The Hall–Kier alpha value is -0.870. The molecule has 96 valence electrons. The minimum Gasteiger partial charge on any atom is -0.382 e. The summed E-state index contributed by atoms with van der Waals surface area (Å²) >= 11 is 0. The van der Waals surface area contributed by atoms with E-state index >= 15 is 0 Å². The van der Waals surface area contributed by atoms with Crippen LogP contribution in [0.3, 0.4) is 0 Å². The summed E-state index contributed by atoms with van der Waals surface area (Å²) in [6.07, 6.45) is 6.37. The number of aromatic nitrogens is 2. The second kappa shape index (κ2) is 4.78. The highest BCUT2D eigenvalue weighted by atomic mass is 16.3. The summed E-state index contributed by atoms with van der Waals surface area (Å²) in [5.74, 6) is 0.847. The van der Waals surface area contributed by atoms with Crippen molar-refractivity contribution in [1.82, 2.24) is 14.5 Å². The maximum atomic E-state index is 10.8. The van der Waals surface area contributed by atoms with Crippen LogP contribution in [0.25, 0.3) is 0 Å². The number of aliphatic hydroxyl groups is 1. The molecule has 2 atom stereocenters. The lowest BCUT2D eigenvalue weighted by atomic mass is 9.86. The molecule has 1 N–H and O–H groups in total. The number of rotatable bonds is 3. The van der Waals surface area contributed by atoms with Crippen molar-refractivity contribution in [3.63, 3.8) is 0 Å². The molecule has 0 bridgehead atoms. The van der Waals surface area contributed by atoms with Gasteiger partial charge in [0.25, 0.3) is 0 Å². The van der Waals surface area contributed by atoms with E-state index in [0.29, 0.717) is 6.04 Å². The van der Waals surface area contributed by atoms with Gasteiger partial charge in [-0.2, -0.15) is 0 Å². The third-order valence-electron chi connectivity index (χ3n) is 3.86. The van der Waals surface area contributed by atoms with Crippen LogP contribution in [0, 0.1) is 0 Å². The van der Waals surface area contributed by atoms with Crippen molar-refractivity contribution in [2.24, 2.45) is 0 Å². The van der Waals surface area contributed by atoms with Crippen LogP contribution in [0.15, 0.2) is 12.4 Å². The lowest BCUT2D eigenvalue weighted by molar-refractivity contribution is -0.0498. The van der Waals surface area contributed by atoms with Crippen LogP contribution in [-0.4, -0.2) is 39.2 Å². The van der Waals surface area contributed by atoms with E-state index in [4.69, 9.17) is 0 Å². The maximum Gasteiger partial charge on any atom is 0.140 e. The van der Waals surface area contributed by atoms with E-state index < -0.39 is 5.60 Å². The summed E-state index contributed by atoms with van der Waals surface area (Å²) in [4.78, 5) is 6.68. The first-order valence-electron chi connectivity index (χ1n) is 6.51. The summed E-state index contributed by atoms with van der Waals surface area (Å²) in [7, 11) is 2.11. The number of aryl methyl sites for hydroxylation is 1. The molecule has 0 aromatic carbocycles. The number of likely N-dealkylation sites (tertiary alicyclic amines) is 1. The SMILES string of the molecule is CCCn1ccnc1C1(O)CCN(C)C(C)C1. The summed E-state index contributed by atoms with van der Waals surface area (Å²) in [5, 5.41) is 10.8. The zero-order valence-electron chi connectivity index (χ0n) is 11.1. The molecule has 4 heteroatoms. The Morgan fingerprint density at radius 1 is 1.59 bits per heavy atom. The molecule has 1 aliphatic rings. The van der Waals surface area contributed by atoms with Crippen molar-refractivity contribution < 1.29 is 5.11 Å². The topological polar surface area (TPSA) is 41.3 Å². The Morgan fingerprint density at radius 3 is 3.00 bits per heavy atom. The van der Waals surface area contributed by atoms with E-state index in [1.54, 1.807) is 6.20 Å². The molecule has 0 saturated carbocycles. The minimum atomic E-state index is -0.745. The number of hydrogen-bond donors (Lipinski definition) is 1. The highest BCUT2D eigenvalue weighted by Gasteiger charge is 2.39. The van der Waals surface area contributed by atoms with Gasteiger partial charge in [-0.05, 0) is 33.2 Å². The summed E-state index contributed by atoms with van der Waals surface area (Å²) < 4.78 is 2.10. The third kappa shape index (κ3) is 2.38. The number of imidazole rings is 1. The molecule has 4 nitrogen and oxygen atoms in total. The predicted octanol–water partition coefficient (Wildman–Crippen LogP) is 1.59. The van der Waals surface area contributed by atoms with E-state index in [0.717, 1.165) is 38.2 Å². The molecule has 0 amide bonds. The van der Waals surface area contributed by atoms with Gasteiger partial charge in [-0.3, -0.25) is 0 Å². The third-order valence-corrected chi connectivity index (χ3v) is 3.86. The zero-order chi connectivity index (χ0) is 12.5. The average Bonchev–Trinajstić information content (AvgIpc) is 2.74. The Morgan fingerprint density at radius 2 is 2.35 bits per heavy atom. The molecule has 0 spiro atoms. The van der Waals surface area contributed by atoms with Crippen molar-refractivity contribution >= 4 is 0 Å². The molecule has 2 rings (SSSR count). The van der Waals surface area contributed by atoms with Gasteiger partial charge < -0.3 is 14.6 Å². The fourth-order valence-corrected chi connectivity index (χ4v) is 2.67. The molecule has 0 radical (unpaired) electrons. The van der Waals surface area contributed by atoms with E-state index in [9.17, 15) is 5.11 Å². The molecule has 1 fully saturated rings. The molecular formula is C13H23N3O. The first kappa shape index (κ1) is 12.6. The predicted molar refractivity (Wildman–Crippen MR) is 67.7 cm³/mol. The lowest BCUT2D eigenvalue weighted by Crippen LogP contribution is -2.47. The highest BCUT2D eigenvalue weighted by molar-refractivity contribution is 5.08. The molecule has 2 unspecified atom stereocenters. The average molecular weight is 237 g/mol. The van der Waals surface area contributed by atoms with Crippen molar-refractivity contribution in [2.45, 2.75) is 51.3 Å². The zero-order valence-corrected chi connectivity index (χ0v) is 11.1. The normalized spacial score (nSPS) is 30.7. The molecular weight excluding hydrogens is 214 g/mol. The van der Waals surface area contributed by atoms with E-state index in [2.05, 4.69) is 35.3 Å². The number of hydrogen-bond acceptors (Lipinski definition) is 3. The molecule has 1 aliphatic heterocycles. The fourth-order valence-electron chi connectivity index (χ4n) is 2.67. The molecule has 2 heterocycles. The molecule has 1 aromatic heterocycles. The van der Waals surface area contributed by atoms with Gasteiger partial charge in [-0.15, -0.1) is 0 Å². The molecule has 17 heavy (non-hydrogen) atoms. The van der Waals surface area contributed by atoms with Crippen LogP contribution in [0.4, 0.5) is 0 Å². The largest absolute Gasteiger partial charge is 0.382 e. The molecule has 1 saturated heterocycles. The molecule has 1 aromatic rings. The van der Waals surface area contributed by atoms with Crippen molar-refractivity contribution in [1.29, 1.82) is 0 Å². The Balaban J connectivity index is 2.22. The van der Waals surface area contributed by atoms with Crippen molar-refractivity contribution in [3.05, 3.63) is 18.2 Å². The smallest absolute Gasteiger partial charge is 0.140 e. The second-order valence-corrected chi connectivity index (χ2v) is 5.26. The summed E-state index contributed by atoms with van der Waals surface area (Å²) in [6, 6.07) is 0.403. The second-order valence-electron chi connectivity index (χ2n) is 5.26. The van der Waals surface area contributed by atoms with Gasteiger partial charge in [0, 0.05) is 31.5 Å². The van der Waals surface area contributed by atoms with Crippen LogP contribution < -0.4 is 0 Å². The first-order chi connectivity index (χ1) is 8.07. The fraction of sp³-hybridized carbons (Fsp3) is 0.769. The number of piperidine rings is 1. The van der Waals surface area contributed by atoms with Crippen LogP contribution in [0.1, 0.15) is 38.9 Å².